The van der Waals surface area contributed by atoms with E-state index in [1.807, 2.05) is 17.1 Å². The van der Waals surface area contributed by atoms with Crippen LogP contribution in [0, 0.1) is 0 Å². The molecular formula is C12H11BCl2N2. The van der Waals surface area contributed by atoms with E-state index >= 15 is 0 Å². The highest BCUT2D eigenvalue weighted by atomic mass is 35.5. The van der Waals surface area contributed by atoms with Gasteiger partial charge in [0.25, 0.3) is 0 Å². The number of rotatable bonds is 1. The van der Waals surface area contributed by atoms with Crippen LogP contribution < -0.4 is 4.81 Å². The summed E-state index contributed by atoms with van der Waals surface area (Å²) >= 11 is 12.1. The summed E-state index contributed by atoms with van der Waals surface area (Å²) in [6.07, 6.45) is 3.97. The van der Waals surface area contributed by atoms with Gasteiger partial charge < -0.3 is 4.81 Å². The number of hydrogen-bond acceptors (Lipinski definition) is 2. The molecule has 2 aromatic rings. The van der Waals surface area contributed by atoms with Gasteiger partial charge in [-0.2, -0.15) is 0 Å². The van der Waals surface area contributed by atoms with Gasteiger partial charge >= 0.3 is 5.68 Å². The molecule has 0 spiro atoms. The molecule has 0 saturated carbocycles. The van der Waals surface area contributed by atoms with Gasteiger partial charge in [0.2, 0.25) is 0 Å². The Balaban J connectivity index is 2.28. The van der Waals surface area contributed by atoms with E-state index in [9.17, 15) is 0 Å². The highest BCUT2D eigenvalue weighted by Gasteiger charge is 2.26. The van der Waals surface area contributed by atoms with Crippen molar-refractivity contribution in [3.05, 3.63) is 36.0 Å². The zero-order valence-electron chi connectivity index (χ0n) is 9.24. The van der Waals surface area contributed by atoms with E-state index in [1.165, 1.54) is 5.56 Å². The number of pyridine rings is 1. The zero-order valence-corrected chi connectivity index (χ0v) is 10.7. The molecular weight excluding hydrogens is 254 g/mol. The van der Waals surface area contributed by atoms with Crippen LogP contribution in [0.5, 0.6) is 0 Å². The summed E-state index contributed by atoms with van der Waals surface area (Å²) in [5.41, 5.74) is 2.87. The van der Waals surface area contributed by atoms with Gasteiger partial charge in [-0.25, -0.2) is 0 Å². The normalized spacial score (nSPS) is 14.8. The van der Waals surface area contributed by atoms with Crippen LogP contribution in [-0.2, 0) is 6.42 Å². The largest absolute Gasteiger partial charge is 0.467 e. The quantitative estimate of drug-likeness (QED) is 0.734. The molecule has 1 aliphatic heterocycles. The molecule has 0 unspecified atom stereocenters. The number of halogens is 2. The van der Waals surface area contributed by atoms with Crippen LogP contribution in [0.4, 0.5) is 5.69 Å². The van der Waals surface area contributed by atoms with Crippen molar-refractivity contribution in [2.75, 3.05) is 11.4 Å². The number of anilines is 1. The first kappa shape index (κ1) is 11.2. The minimum absolute atomic E-state index is 0.512. The Hall–Kier alpha value is -0.925. The van der Waals surface area contributed by atoms with Crippen molar-refractivity contribution in [1.82, 2.24) is 4.98 Å². The average Bonchev–Trinajstić information content (AvgIpc) is 2.37. The van der Waals surface area contributed by atoms with Gasteiger partial charge in [-0.3, -0.25) is 4.98 Å². The molecule has 0 N–H and O–H groups in total. The summed E-state index contributed by atoms with van der Waals surface area (Å²) in [6.45, 7) is 0.889. The smallest absolute Gasteiger partial charge is 0.386 e. The lowest BCUT2D eigenvalue weighted by Gasteiger charge is -2.31. The summed E-state index contributed by atoms with van der Waals surface area (Å²) < 4.78 is 0. The standard InChI is InChI=1S/C12H11BCl2N2/c14-13(15)17-8-2-4-10-6-5-9-3-1-7-16-11(9)12(10)17/h1,3,5-7H,2,4,8H2. The molecule has 1 aromatic carbocycles. The molecule has 5 heteroatoms. The fraction of sp³-hybridized carbons (Fsp3) is 0.250. The zero-order chi connectivity index (χ0) is 11.8. The van der Waals surface area contributed by atoms with Gasteiger partial charge in [-0.05, 0) is 24.5 Å². The molecule has 2 heterocycles. The topological polar surface area (TPSA) is 16.1 Å². The van der Waals surface area contributed by atoms with Gasteiger partial charge in [0.15, 0.2) is 0 Å². The van der Waals surface area contributed by atoms with E-state index in [1.54, 1.807) is 0 Å². The third kappa shape index (κ3) is 1.87. The minimum Gasteiger partial charge on any atom is -0.386 e. The summed E-state index contributed by atoms with van der Waals surface area (Å²) in [7, 11) is 0. The number of benzene rings is 1. The van der Waals surface area contributed by atoms with Gasteiger partial charge in [0, 0.05) is 18.1 Å². The molecule has 17 heavy (non-hydrogen) atoms. The fourth-order valence-corrected chi connectivity index (χ4v) is 2.83. The third-order valence-electron chi connectivity index (χ3n) is 3.20. The molecule has 0 radical (unpaired) electrons. The molecule has 3 rings (SSSR count). The van der Waals surface area contributed by atoms with Crippen LogP contribution in [0.3, 0.4) is 0 Å². The van der Waals surface area contributed by atoms with Crippen LogP contribution in [0.25, 0.3) is 10.9 Å². The second kappa shape index (κ2) is 4.39. The number of nitrogens with zero attached hydrogens (tertiary/aromatic N) is 2. The van der Waals surface area contributed by atoms with Crippen LogP contribution >= 0.6 is 22.9 Å². The Labute approximate surface area is 110 Å². The van der Waals surface area contributed by atoms with Gasteiger partial charge in [-0.1, -0.05) is 18.2 Å². The molecule has 0 fully saturated rings. The Morgan fingerprint density at radius 1 is 1.24 bits per heavy atom. The summed E-state index contributed by atoms with van der Waals surface area (Å²) in [5.74, 6) is 0. The van der Waals surface area contributed by atoms with Crippen molar-refractivity contribution in [3.63, 3.8) is 0 Å². The van der Waals surface area contributed by atoms with E-state index in [-0.39, 0.29) is 0 Å². The molecule has 0 atom stereocenters. The molecule has 0 saturated heterocycles. The lowest BCUT2D eigenvalue weighted by molar-refractivity contribution is 0.791. The van der Waals surface area contributed by atoms with E-state index in [0.717, 1.165) is 36.0 Å². The van der Waals surface area contributed by atoms with Crippen molar-refractivity contribution < 1.29 is 0 Å². The Morgan fingerprint density at radius 3 is 2.94 bits per heavy atom. The van der Waals surface area contributed by atoms with Crippen molar-refractivity contribution in [1.29, 1.82) is 0 Å². The monoisotopic (exact) mass is 264 g/mol. The third-order valence-corrected chi connectivity index (χ3v) is 3.67. The minimum atomic E-state index is -0.512. The van der Waals surface area contributed by atoms with Crippen molar-refractivity contribution in [2.45, 2.75) is 12.8 Å². The first-order chi connectivity index (χ1) is 8.27. The van der Waals surface area contributed by atoms with Crippen LogP contribution in [-0.4, -0.2) is 17.2 Å². The maximum atomic E-state index is 6.05. The molecule has 86 valence electrons. The Kier molecular flexibility index (Phi) is 2.89. The first-order valence-corrected chi connectivity index (χ1v) is 6.56. The molecule has 2 nitrogen and oxygen atoms in total. The molecule has 0 aliphatic carbocycles. The summed E-state index contributed by atoms with van der Waals surface area (Å²) in [4.78, 5) is 6.49. The number of aryl methyl sites for hydroxylation is 1. The lowest BCUT2D eigenvalue weighted by atomic mass is 9.96. The number of hydrogen-bond donors (Lipinski definition) is 0. The van der Waals surface area contributed by atoms with Gasteiger partial charge in [-0.15, -0.1) is 22.9 Å². The predicted octanol–water partition coefficient (Wildman–Crippen LogP) is 3.45. The van der Waals surface area contributed by atoms with E-state index in [0.29, 0.717) is 0 Å². The molecule has 0 bridgehead atoms. The molecule has 1 aromatic heterocycles. The average molecular weight is 265 g/mol. The van der Waals surface area contributed by atoms with E-state index in [4.69, 9.17) is 22.9 Å². The Morgan fingerprint density at radius 2 is 2.12 bits per heavy atom. The predicted molar refractivity (Wildman–Crippen MR) is 74.9 cm³/mol. The van der Waals surface area contributed by atoms with Crippen molar-refractivity contribution in [3.8, 4) is 0 Å². The maximum Gasteiger partial charge on any atom is 0.467 e. The van der Waals surface area contributed by atoms with E-state index < -0.39 is 5.68 Å². The van der Waals surface area contributed by atoms with Crippen LogP contribution in [0.1, 0.15) is 12.0 Å². The van der Waals surface area contributed by atoms with Crippen molar-refractivity contribution in [2.24, 2.45) is 0 Å². The first-order valence-electron chi connectivity index (χ1n) is 5.69. The maximum absolute atomic E-state index is 6.05. The van der Waals surface area contributed by atoms with Crippen LogP contribution in [0.15, 0.2) is 30.5 Å². The summed E-state index contributed by atoms with van der Waals surface area (Å²) in [5, 5.41) is 1.13. The van der Waals surface area contributed by atoms with Crippen molar-refractivity contribution >= 4 is 45.2 Å². The molecule has 0 amide bonds. The fourth-order valence-electron chi connectivity index (χ4n) is 2.44. The number of fused-ring (bicyclic) bond motifs is 3. The lowest BCUT2D eigenvalue weighted by Crippen LogP contribution is -2.36. The van der Waals surface area contributed by atoms with Gasteiger partial charge in [0.05, 0.1) is 11.2 Å². The SMILES string of the molecule is ClB(Cl)N1CCCc2ccc3cccnc3c21. The van der Waals surface area contributed by atoms with E-state index in [2.05, 4.69) is 23.2 Å². The second-order valence-electron chi connectivity index (χ2n) is 4.22. The van der Waals surface area contributed by atoms with Crippen LogP contribution in [0.2, 0.25) is 0 Å². The highest BCUT2D eigenvalue weighted by Crippen LogP contribution is 2.35. The Bertz CT molecular complexity index is 559. The van der Waals surface area contributed by atoms with Gasteiger partial charge in [0.1, 0.15) is 0 Å². The summed E-state index contributed by atoms with van der Waals surface area (Å²) in [6, 6.07) is 8.28. The molecule has 1 aliphatic rings. The highest BCUT2D eigenvalue weighted by molar-refractivity contribution is 7.35. The number of aromatic nitrogens is 1. The second-order valence-corrected chi connectivity index (χ2v) is 5.27.